The maximum absolute atomic E-state index is 12.2. The third-order valence-electron chi connectivity index (χ3n) is 2.82. The number of alkyl halides is 2. The van der Waals surface area contributed by atoms with Crippen molar-refractivity contribution >= 4 is 5.69 Å². The Hall–Kier alpha value is -1.32. The molecule has 2 nitrogen and oxygen atoms in total. The molecular formula is C12H15F2NO. The van der Waals surface area contributed by atoms with Gasteiger partial charge in [-0.3, -0.25) is 0 Å². The highest BCUT2D eigenvalue weighted by atomic mass is 19.3. The van der Waals surface area contributed by atoms with Gasteiger partial charge in [-0.25, -0.2) is 0 Å². The molecule has 1 saturated carbocycles. The van der Waals surface area contributed by atoms with Gasteiger partial charge in [0.15, 0.2) is 0 Å². The van der Waals surface area contributed by atoms with E-state index in [9.17, 15) is 8.78 Å². The van der Waals surface area contributed by atoms with E-state index in [-0.39, 0.29) is 5.75 Å². The molecule has 0 saturated heterocycles. The van der Waals surface area contributed by atoms with Crippen molar-refractivity contribution in [3.63, 3.8) is 0 Å². The fourth-order valence-corrected chi connectivity index (χ4v) is 1.74. The summed E-state index contributed by atoms with van der Waals surface area (Å²) in [4.78, 5) is 0. The van der Waals surface area contributed by atoms with Crippen LogP contribution in [0.15, 0.2) is 24.3 Å². The fraction of sp³-hybridized carbons (Fsp3) is 0.500. The van der Waals surface area contributed by atoms with Crippen LogP contribution in [0.25, 0.3) is 0 Å². The minimum absolute atomic E-state index is 0.213. The maximum atomic E-state index is 12.2. The first-order valence-electron chi connectivity index (χ1n) is 5.47. The van der Waals surface area contributed by atoms with E-state index in [1.54, 1.807) is 24.3 Å². The lowest BCUT2D eigenvalue weighted by Gasteiger charge is -2.17. The monoisotopic (exact) mass is 227 g/mol. The molecule has 1 aliphatic carbocycles. The second-order valence-electron chi connectivity index (χ2n) is 4.15. The van der Waals surface area contributed by atoms with Crippen molar-refractivity contribution < 1.29 is 13.5 Å². The molecule has 1 N–H and O–H groups in total. The smallest absolute Gasteiger partial charge is 0.387 e. The Labute approximate surface area is 93.6 Å². The normalized spacial score (nSPS) is 17.2. The molecule has 16 heavy (non-hydrogen) atoms. The van der Waals surface area contributed by atoms with Crippen LogP contribution in [0.2, 0.25) is 0 Å². The van der Waals surface area contributed by atoms with Crippen molar-refractivity contribution in [2.45, 2.75) is 32.4 Å². The first kappa shape index (κ1) is 11.2. The summed E-state index contributed by atoms with van der Waals surface area (Å²) >= 11 is 0. The molecule has 1 unspecified atom stereocenters. The van der Waals surface area contributed by atoms with E-state index in [0.717, 1.165) is 0 Å². The molecule has 0 bridgehead atoms. The lowest BCUT2D eigenvalue weighted by atomic mass is 10.2. The molecule has 0 spiro atoms. The Kier molecular flexibility index (Phi) is 3.27. The van der Waals surface area contributed by atoms with Crippen LogP contribution < -0.4 is 10.1 Å². The number of hydrogen-bond acceptors (Lipinski definition) is 2. The van der Waals surface area contributed by atoms with Crippen molar-refractivity contribution in [2.24, 2.45) is 5.92 Å². The van der Waals surface area contributed by atoms with Crippen molar-refractivity contribution in [3.05, 3.63) is 24.3 Å². The van der Waals surface area contributed by atoms with E-state index < -0.39 is 6.61 Å². The summed E-state index contributed by atoms with van der Waals surface area (Å²) in [5, 5.41) is 3.22. The topological polar surface area (TPSA) is 21.3 Å². The minimum Gasteiger partial charge on any atom is -0.433 e. The zero-order valence-electron chi connectivity index (χ0n) is 9.12. The summed E-state index contributed by atoms with van der Waals surface area (Å²) in [5.41, 5.74) is 0.641. The Morgan fingerprint density at radius 3 is 2.62 bits per heavy atom. The van der Waals surface area contributed by atoms with Crippen LogP contribution in [-0.2, 0) is 0 Å². The number of benzene rings is 1. The van der Waals surface area contributed by atoms with E-state index in [4.69, 9.17) is 0 Å². The predicted octanol–water partition coefficient (Wildman–Crippen LogP) is 3.50. The molecule has 1 aromatic carbocycles. The highest BCUT2D eigenvalue weighted by Gasteiger charge is 2.28. The fourth-order valence-electron chi connectivity index (χ4n) is 1.74. The second-order valence-corrected chi connectivity index (χ2v) is 4.15. The molecule has 1 aliphatic rings. The van der Waals surface area contributed by atoms with Crippen LogP contribution >= 0.6 is 0 Å². The molecular weight excluding hydrogens is 212 g/mol. The maximum Gasteiger partial charge on any atom is 0.387 e. The minimum atomic E-state index is -2.78. The number of rotatable bonds is 5. The number of anilines is 1. The van der Waals surface area contributed by atoms with Gasteiger partial charge in [-0.15, -0.1) is 0 Å². The Morgan fingerprint density at radius 2 is 2.00 bits per heavy atom. The lowest BCUT2D eigenvalue weighted by molar-refractivity contribution is -0.0493. The number of nitrogens with one attached hydrogen (secondary N) is 1. The average Bonchev–Trinajstić information content (AvgIpc) is 3.03. The average molecular weight is 227 g/mol. The van der Waals surface area contributed by atoms with Crippen LogP contribution in [0.4, 0.5) is 14.5 Å². The van der Waals surface area contributed by atoms with Gasteiger partial charge in [-0.2, -0.15) is 8.78 Å². The van der Waals surface area contributed by atoms with Crippen molar-refractivity contribution in [3.8, 4) is 5.75 Å². The second kappa shape index (κ2) is 4.68. The third-order valence-corrected chi connectivity index (χ3v) is 2.82. The van der Waals surface area contributed by atoms with Crippen LogP contribution in [0.1, 0.15) is 19.8 Å². The highest BCUT2D eigenvalue weighted by molar-refractivity contribution is 5.56. The van der Waals surface area contributed by atoms with E-state index in [0.29, 0.717) is 17.6 Å². The van der Waals surface area contributed by atoms with Gasteiger partial charge in [-0.1, -0.05) is 12.1 Å². The number of hydrogen-bond donors (Lipinski definition) is 1. The van der Waals surface area contributed by atoms with Gasteiger partial charge >= 0.3 is 6.61 Å². The molecule has 88 valence electrons. The molecule has 1 aromatic rings. The zero-order valence-corrected chi connectivity index (χ0v) is 9.12. The zero-order chi connectivity index (χ0) is 11.5. The van der Waals surface area contributed by atoms with Gasteiger partial charge in [0.05, 0.1) is 5.69 Å². The van der Waals surface area contributed by atoms with E-state index in [1.165, 1.54) is 12.8 Å². The Bertz CT molecular complexity index is 353. The summed E-state index contributed by atoms with van der Waals surface area (Å²) in [7, 11) is 0. The van der Waals surface area contributed by atoms with Gasteiger partial charge in [-0.05, 0) is 37.8 Å². The van der Waals surface area contributed by atoms with Gasteiger partial charge in [0, 0.05) is 6.04 Å². The molecule has 4 heteroatoms. The molecule has 1 fully saturated rings. The van der Waals surface area contributed by atoms with Crippen LogP contribution in [-0.4, -0.2) is 12.7 Å². The van der Waals surface area contributed by atoms with Crippen LogP contribution in [0.5, 0.6) is 5.75 Å². The van der Waals surface area contributed by atoms with Crippen LogP contribution in [0.3, 0.4) is 0 Å². The molecule has 0 radical (unpaired) electrons. The van der Waals surface area contributed by atoms with E-state index >= 15 is 0 Å². The summed E-state index contributed by atoms with van der Waals surface area (Å²) < 4.78 is 28.8. The van der Waals surface area contributed by atoms with Gasteiger partial charge in [0.2, 0.25) is 0 Å². The summed E-state index contributed by atoms with van der Waals surface area (Å²) in [6.07, 6.45) is 2.43. The quantitative estimate of drug-likeness (QED) is 0.831. The Balaban J connectivity index is 2.05. The SMILES string of the molecule is CC(Nc1ccccc1OC(F)F)C1CC1. The van der Waals surface area contributed by atoms with Crippen LogP contribution in [0, 0.1) is 5.92 Å². The molecule has 0 aliphatic heterocycles. The lowest BCUT2D eigenvalue weighted by Crippen LogP contribution is -2.18. The summed E-state index contributed by atoms with van der Waals surface area (Å²) in [6.45, 7) is -0.712. The van der Waals surface area contributed by atoms with Gasteiger partial charge in [0.25, 0.3) is 0 Å². The van der Waals surface area contributed by atoms with Crippen molar-refractivity contribution in [1.82, 2.24) is 0 Å². The Morgan fingerprint density at radius 1 is 1.31 bits per heavy atom. The predicted molar refractivity (Wildman–Crippen MR) is 58.9 cm³/mol. The van der Waals surface area contributed by atoms with Gasteiger partial charge in [0.1, 0.15) is 5.75 Å². The molecule has 0 aromatic heterocycles. The van der Waals surface area contributed by atoms with Crippen molar-refractivity contribution in [2.75, 3.05) is 5.32 Å². The van der Waals surface area contributed by atoms with Crippen molar-refractivity contribution in [1.29, 1.82) is 0 Å². The molecule has 2 rings (SSSR count). The third kappa shape index (κ3) is 2.84. The van der Waals surface area contributed by atoms with E-state index in [1.807, 2.05) is 0 Å². The highest BCUT2D eigenvalue weighted by Crippen LogP contribution is 2.35. The number of para-hydroxylation sites is 2. The van der Waals surface area contributed by atoms with E-state index in [2.05, 4.69) is 17.0 Å². The summed E-state index contributed by atoms with van der Waals surface area (Å²) in [5.74, 6) is 0.879. The van der Waals surface area contributed by atoms with Gasteiger partial charge < -0.3 is 10.1 Å². The largest absolute Gasteiger partial charge is 0.433 e. The summed E-state index contributed by atoms with van der Waals surface area (Å²) in [6, 6.07) is 7.11. The standard InChI is InChI=1S/C12H15F2NO/c1-8(9-6-7-9)15-10-4-2-3-5-11(10)16-12(13)14/h2-5,8-9,12,15H,6-7H2,1H3. The molecule has 0 heterocycles. The first-order chi connectivity index (χ1) is 7.66. The molecule has 0 amide bonds. The number of halogens is 2. The first-order valence-corrected chi connectivity index (χ1v) is 5.47. The molecule has 1 atom stereocenters. The number of ether oxygens (including phenoxy) is 1.